The predicted molar refractivity (Wildman–Crippen MR) is 85.7 cm³/mol. The molecule has 1 aliphatic heterocycles. The van der Waals surface area contributed by atoms with Crippen molar-refractivity contribution >= 4 is 11.8 Å². The molecular weight excluding hydrogens is 292 g/mol. The van der Waals surface area contributed by atoms with E-state index in [4.69, 9.17) is 9.47 Å². The van der Waals surface area contributed by atoms with Gasteiger partial charge in [-0.2, -0.15) is 0 Å². The van der Waals surface area contributed by atoms with Gasteiger partial charge in [-0.3, -0.25) is 4.79 Å². The van der Waals surface area contributed by atoms with Crippen molar-refractivity contribution in [1.82, 2.24) is 0 Å². The van der Waals surface area contributed by atoms with Crippen molar-refractivity contribution in [3.63, 3.8) is 0 Å². The fraction of sp³-hybridized carbons (Fsp3) is 0.474. The van der Waals surface area contributed by atoms with Crippen LogP contribution in [-0.2, 0) is 19.1 Å². The molecule has 1 heterocycles. The molecule has 0 fully saturated rings. The molecule has 0 saturated heterocycles. The molecule has 0 bridgehead atoms. The SMILES string of the molecule is CCOC(=O)C1OC2=C(C(=O)CC(C)(C)C2)C1c1ccccc1. The fourth-order valence-corrected chi connectivity index (χ4v) is 3.51. The van der Waals surface area contributed by atoms with Crippen LogP contribution in [0.25, 0.3) is 0 Å². The van der Waals surface area contributed by atoms with Crippen LogP contribution in [-0.4, -0.2) is 24.5 Å². The van der Waals surface area contributed by atoms with Crippen LogP contribution in [0.1, 0.15) is 45.1 Å². The van der Waals surface area contributed by atoms with E-state index >= 15 is 0 Å². The Balaban J connectivity index is 2.03. The molecule has 0 spiro atoms. The van der Waals surface area contributed by atoms with Crippen molar-refractivity contribution in [2.45, 2.75) is 45.6 Å². The summed E-state index contributed by atoms with van der Waals surface area (Å²) in [7, 11) is 0. The highest BCUT2D eigenvalue weighted by molar-refractivity contribution is 6.00. The Morgan fingerprint density at radius 1 is 1.26 bits per heavy atom. The largest absolute Gasteiger partial charge is 0.482 e. The average molecular weight is 314 g/mol. The number of ketones is 1. The second-order valence-electron chi connectivity index (χ2n) is 6.96. The maximum absolute atomic E-state index is 12.7. The molecule has 23 heavy (non-hydrogen) atoms. The number of esters is 1. The molecule has 0 aromatic heterocycles. The molecule has 1 aliphatic carbocycles. The number of Topliss-reactive ketones (excluding diaryl/α,β-unsaturated/α-hetero) is 1. The summed E-state index contributed by atoms with van der Waals surface area (Å²) in [6, 6.07) is 9.60. The first-order chi connectivity index (χ1) is 10.9. The van der Waals surface area contributed by atoms with E-state index in [0.717, 1.165) is 5.56 Å². The minimum Gasteiger partial charge on any atom is -0.482 e. The van der Waals surface area contributed by atoms with E-state index in [9.17, 15) is 9.59 Å². The van der Waals surface area contributed by atoms with E-state index in [1.807, 2.05) is 44.2 Å². The molecule has 1 aromatic carbocycles. The summed E-state index contributed by atoms with van der Waals surface area (Å²) in [4.78, 5) is 25.1. The number of carbonyl (C=O) groups is 2. The van der Waals surface area contributed by atoms with Gasteiger partial charge in [-0.05, 0) is 17.9 Å². The lowest BCUT2D eigenvalue weighted by Gasteiger charge is -2.29. The maximum Gasteiger partial charge on any atom is 0.348 e. The second kappa shape index (κ2) is 5.84. The Labute approximate surface area is 136 Å². The van der Waals surface area contributed by atoms with Crippen LogP contribution in [0.2, 0.25) is 0 Å². The van der Waals surface area contributed by atoms with Gasteiger partial charge < -0.3 is 9.47 Å². The summed E-state index contributed by atoms with van der Waals surface area (Å²) in [5.41, 5.74) is 1.44. The maximum atomic E-state index is 12.7. The van der Waals surface area contributed by atoms with E-state index in [-0.39, 0.29) is 17.1 Å². The number of hydrogen-bond acceptors (Lipinski definition) is 4. The van der Waals surface area contributed by atoms with Crippen LogP contribution < -0.4 is 0 Å². The van der Waals surface area contributed by atoms with Gasteiger partial charge in [0, 0.05) is 18.4 Å². The third-order valence-electron chi connectivity index (χ3n) is 4.44. The minimum atomic E-state index is -0.764. The highest BCUT2D eigenvalue weighted by Crippen LogP contribution is 2.48. The molecule has 2 atom stereocenters. The van der Waals surface area contributed by atoms with Gasteiger partial charge >= 0.3 is 5.97 Å². The van der Waals surface area contributed by atoms with Crippen LogP contribution in [0.4, 0.5) is 0 Å². The van der Waals surface area contributed by atoms with Crippen LogP contribution in [0.15, 0.2) is 41.7 Å². The molecular formula is C19H22O4. The van der Waals surface area contributed by atoms with Gasteiger partial charge in [-0.15, -0.1) is 0 Å². The van der Waals surface area contributed by atoms with Crippen molar-refractivity contribution in [3.8, 4) is 0 Å². The molecule has 0 N–H and O–H groups in total. The second-order valence-corrected chi connectivity index (χ2v) is 6.96. The van der Waals surface area contributed by atoms with Crippen molar-refractivity contribution in [3.05, 3.63) is 47.2 Å². The van der Waals surface area contributed by atoms with E-state index in [0.29, 0.717) is 30.8 Å². The Kier molecular flexibility index (Phi) is 4.00. The van der Waals surface area contributed by atoms with Gasteiger partial charge in [0.1, 0.15) is 5.76 Å². The van der Waals surface area contributed by atoms with Crippen molar-refractivity contribution in [2.24, 2.45) is 5.41 Å². The Bertz CT molecular complexity index is 657. The molecule has 3 rings (SSSR count). The number of ether oxygens (including phenoxy) is 2. The summed E-state index contributed by atoms with van der Waals surface area (Å²) < 4.78 is 11.1. The third kappa shape index (κ3) is 2.90. The smallest absolute Gasteiger partial charge is 0.348 e. The molecule has 1 aromatic rings. The summed E-state index contributed by atoms with van der Waals surface area (Å²) in [5.74, 6) is -0.0229. The van der Waals surface area contributed by atoms with E-state index < -0.39 is 12.1 Å². The van der Waals surface area contributed by atoms with Gasteiger partial charge in [0.05, 0.1) is 12.5 Å². The van der Waals surface area contributed by atoms with Crippen LogP contribution in [0.3, 0.4) is 0 Å². The molecule has 0 saturated carbocycles. The first kappa shape index (κ1) is 15.8. The number of benzene rings is 1. The molecule has 0 amide bonds. The van der Waals surface area contributed by atoms with Crippen molar-refractivity contribution in [1.29, 1.82) is 0 Å². The Morgan fingerprint density at radius 3 is 2.61 bits per heavy atom. The number of rotatable bonds is 3. The minimum absolute atomic E-state index is 0.0805. The number of hydrogen-bond donors (Lipinski definition) is 0. The zero-order valence-corrected chi connectivity index (χ0v) is 13.8. The summed E-state index contributed by atoms with van der Waals surface area (Å²) in [6.07, 6.45) is 0.390. The van der Waals surface area contributed by atoms with Crippen LogP contribution in [0.5, 0.6) is 0 Å². The van der Waals surface area contributed by atoms with Gasteiger partial charge in [-0.1, -0.05) is 44.2 Å². The zero-order valence-electron chi connectivity index (χ0n) is 13.8. The predicted octanol–water partition coefficient (Wildman–Crippen LogP) is 3.38. The zero-order chi connectivity index (χ0) is 16.6. The third-order valence-corrected chi connectivity index (χ3v) is 4.44. The van der Waals surface area contributed by atoms with Crippen molar-refractivity contribution in [2.75, 3.05) is 6.61 Å². The highest BCUT2D eigenvalue weighted by atomic mass is 16.6. The van der Waals surface area contributed by atoms with E-state index in [1.165, 1.54) is 0 Å². The molecule has 122 valence electrons. The fourth-order valence-electron chi connectivity index (χ4n) is 3.51. The lowest BCUT2D eigenvalue weighted by atomic mass is 9.73. The standard InChI is InChI=1S/C19H22O4/c1-4-22-18(21)17-15(12-8-6-5-7-9-12)16-13(20)10-19(2,3)11-14(16)23-17/h5-9,15,17H,4,10-11H2,1-3H3. The normalized spacial score (nSPS) is 25.8. The van der Waals surface area contributed by atoms with Gasteiger partial charge in [0.25, 0.3) is 0 Å². The van der Waals surface area contributed by atoms with Crippen molar-refractivity contribution < 1.29 is 19.1 Å². The van der Waals surface area contributed by atoms with Gasteiger partial charge in [0.15, 0.2) is 5.78 Å². The quantitative estimate of drug-likeness (QED) is 0.803. The Hall–Kier alpha value is -2.10. The lowest BCUT2D eigenvalue weighted by molar-refractivity contribution is -0.153. The van der Waals surface area contributed by atoms with Crippen LogP contribution >= 0.6 is 0 Å². The monoisotopic (exact) mass is 314 g/mol. The van der Waals surface area contributed by atoms with Gasteiger partial charge in [-0.25, -0.2) is 4.79 Å². The average Bonchev–Trinajstić information content (AvgIpc) is 2.86. The summed E-state index contributed by atoms with van der Waals surface area (Å²) >= 11 is 0. The number of allylic oxidation sites excluding steroid dienone is 1. The molecule has 2 unspecified atom stereocenters. The van der Waals surface area contributed by atoms with Crippen LogP contribution in [0, 0.1) is 5.41 Å². The van der Waals surface area contributed by atoms with Gasteiger partial charge in [0.2, 0.25) is 6.10 Å². The lowest BCUT2D eigenvalue weighted by Crippen LogP contribution is -2.30. The van der Waals surface area contributed by atoms with E-state index in [1.54, 1.807) is 6.92 Å². The first-order valence-electron chi connectivity index (χ1n) is 8.07. The summed E-state index contributed by atoms with van der Waals surface area (Å²) in [5, 5.41) is 0. The number of carbonyl (C=O) groups excluding carboxylic acids is 2. The molecule has 2 aliphatic rings. The molecule has 4 nitrogen and oxygen atoms in total. The summed E-state index contributed by atoms with van der Waals surface area (Å²) in [6.45, 7) is 6.16. The highest BCUT2D eigenvalue weighted by Gasteiger charge is 2.49. The molecule has 4 heteroatoms. The first-order valence-corrected chi connectivity index (χ1v) is 8.07. The Morgan fingerprint density at radius 2 is 1.96 bits per heavy atom. The van der Waals surface area contributed by atoms with E-state index in [2.05, 4.69) is 0 Å². The molecule has 0 radical (unpaired) electrons. The topological polar surface area (TPSA) is 52.6 Å².